The summed E-state index contributed by atoms with van der Waals surface area (Å²) < 4.78 is 0. The highest BCUT2D eigenvalue weighted by atomic mass is 32.1. The molecule has 1 aliphatic rings. The van der Waals surface area contributed by atoms with Gasteiger partial charge in [0, 0.05) is 18.4 Å². The van der Waals surface area contributed by atoms with E-state index >= 15 is 0 Å². The van der Waals surface area contributed by atoms with Crippen molar-refractivity contribution in [3.63, 3.8) is 0 Å². The normalized spacial score (nSPS) is 14.2. The summed E-state index contributed by atoms with van der Waals surface area (Å²) in [7, 11) is 0. The van der Waals surface area contributed by atoms with Crippen molar-refractivity contribution in [1.82, 2.24) is 4.98 Å². The fourth-order valence-corrected chi connectivity index (χ4v) is 2.84. The largest absolute Gasteiger partial charge is 0.391 e. The summed E-state index contributed by atoms with van der Waals surface area (Å²) in [5, 5.41) is 10.0. The molecule has 82 valence electrons. The molecule has 0 amide bonds. The van der Waals surface area contributed by atoms with E-state index in [-0.39, 0.29) is 6.61 Å². The lowest BCUT2D eigenvalue weighted by Gasteiger charge is -2.15. The third kappa shape index (κ3) is 1.50. The van der Waals surface area contributed by atoms with Gasteiger partial charge < -0.3 is 10.0 Å². The summed E-state index contributed by atoms with van der Waals surface area (Å²) in [6.45, 7) is 1.06. The maximum atomic E-state index is 9.04. The van der Waals surface area contributed by atoms with Gasteiger partial charge in [-0.05, 0) is 18.1 Å². The molecule has 0 fully saturated rings. The van der Waals surface area contributed by atoms with Crippen LogP contribution in [0.2, 0.25) is 0 Å². The Morgan fingerprint density at radius 2 is 2.25 bits per heavy atom. The number of rotatable bonds is 2. The van der Waals surface area contributed by atoms with Gasteiger partial charge in [-0.1, -0.05) is 29.5 Å². The zero-order valence-electron chi connectivity index (χ0n) is 8.76. The lowest BCUT2D eigenvalue weighted by Crippen LogP contribution is -2.12. The molecule has 0 saturated carbocycles. The van der Waals surface area contributed by atoms with Gasteiger partial charge in [-0.15, -0.1) is 0 Å². The SMILES string of the molecule is OCc1cnc(N2CCc3ccccc32)s1. The molecule has 0 unspecified atom stereocenters. The monoisotopic (exact) mass is 232 g/mol. The quantitative estimate of drug-likeness (QED) is 0.863. The molecule has 0 radical (unpaired) electrons. The highest BCUT2D eigenvalue weighted by Gasteiger charge is 2.21. The van der Waals surface area contributed by atoms with Crippen LogP contribution in [0.4, 0.5) is 10.8 Å². The van der Waals surface area contributed by atoms with Crippen LogP contribution in [0.15, 0.2) is 30.5 Å². The van der Waals surface area contributed by atoms with Crippen LogP contribution in [0, 0.1) is 0 Å². The van der Waals surface area contributed by atoms with Crippen LogP contribution in [-0.2, 0) is 13.0 Å². The summed E-state index contributed by atoms with van der Waals surface area (Å²) in [5.41, 5.74) is 2.63. The highest BCUT2D eigenvalue weighted by Crippen LogP contribution is 2.36. The van der Waals surface area contributed by atoms with E-state index in [1.807, 2.05) is 0 Å². The molecule has 0 atom stereocenters. The number of para-hydroxylation sites is 1. The van der Waals surface area contributed by atoms with Gasteiger partial charge in [0.25, 0.3) is 0 Å². The highest BCUT2D eigenvalue weighted by molar-refractivity contribution is 7.15. The van der Waals surface area contributed by atoms with Crippen LogP contribution in [0.25, 0.3) is 0 Å². The first-order valence-corrected chi connectivity index (χ1v) is 6.11. The number of anilines is 2. The van der Waals surface area contributed by atoms with Crippen LogP contribution in [-0.4, -0.2) is 16.6 Å². The third-order valence-corrected chi connectivity index (χ3v) is 3.82. The minimum Gasteiger partial charge on any atom is -0.391 e. The first-order chi connectivity index (χ1) is 7.88. The van der Waals surface area contributed by atoms with Gasteiger partial charge in [0.05, 0.1) is 11.5 Å². The summed E-state index contributed by atoms with van der Waals surface area (Å²) >= 11 is 1.56. The fraction of sp³-hybridized carbons (Fsp3) is 0.250. The van der Waals surface area contributed by atoms with E-state index in [0.717, 1.165) is 23.0 Å². The van der Waals surface area contributed by atoms with Gasteiger partial charge >= 0.3 is 0 Å². The maximum absolute atomic E-state index is 9.04. The van der Waals surface area contributed by atoms with E-state index in [1.54, 1.807) is 17.5 Å². The van der Waals surface area contributed by atoms with Gasteiger partial charge in [0.2, 0.25) is 0 Å². The maximum Gasteiger partial charge on any atom is 0.190 e. The number of benzene rings is 1. The number of thiazole rings is 1. The van der Waals surface area contributed by atoms with Crippen LogP contribution in [0.3, 0.4) is 0 Å². The topological polar surface area (TPSA) is 36.4 Å². The number of hydrogen-bond acceptors (Lipinski definition) is 4. The summed E-state index contributed by atoms with van der Waals surface area (Å²) in [5.74, 6) is 0. The Morgan fingerprint density at radius 1 is 1.38 bits per heavy atom. The van der Waals surface area contributed by atoms with Crippen molar-refractivity contribution in [2.75, 3.05) is 11.4 Å². The first-order valence-electron chi connectivity index (χ1n) is 5.29. The van der Waals surface area contributed by atoms with Crippen molar-refractivity contribution in [3.05, 3.63) is 40.9 Å². The van der Waals surface area contributed by atoms with Gasteiger partial charge in [-0.25, -0.2) is 4.98 Å². The third-order valence-electron chi connectivity index (χ3n) is 2.82. The van der Waals surface area contributed by atoms with Gasteiger partial charge in [0.15, 0.2) is 5.13 Å². The van der Waals surface area contributed by atoms with E-state index in [1.165, 1.54) is 11.3 Å². The molecular formula is C12H12N2OS. The van der Waals surface area contributed by atoms with Crippen LogP contribution < -0.4 is 4.90 Å². The Balaban J connectivity index is 1.98. The molecule has 0 bridgehead atoms. The number of aliphatic hydroxyl groups is 1. The van der Waals surface area contributed by atoms with Crippen molar-refractivity contribution in [1.29, 1.82) is 0 Å². The molecule has 1 aromatic heterocycles. The fourth-order valence-electron chi connectivity index (χ4n) is 2.03. The molecule has 16 heavy (non-hydrogen) atoms. The number of nitrogens with zero attached hydrogens (tertiary/aromatic N) is 2. The predicted molar refractivity (Wildman–Crippen MR) is 65.2 cm³/mol. The summed E-state index contributed by atoms with van der Waals surface area (Å²) in [6.07, 6.45) is 2.82. The minimum absolute atomic E-state index is 0.0765. The second-order valence-corrected chi connectivity index (χ2v) is 4.89. The number of hydrogen-bond donors (Lipinski definition) is 1. The van der Waals surface area contributed by atoms with Gasteiger partial charge in [0.1, 0.15) is 0 Å². The van der Waals surface area contributed by atoms with Crippen molar-refractivity contribution < 1.29 is 5.11 Å². The second kappa shape index (κ2) is 3.88. The van der Waals surface area contributed by atoms with Crippen LogP contribution in [0.1, 0.15) is 10.4 Å². The molecular weight excluding hydrogens is 220 g/mol. The molecule has 4 heteroatoms. The van der Waals surface area contributed by atoms with E-state index in [4.69, 9.17) is 5.11 Å². The Labute approximate surface area is 98.0 Å². The van der Waals surface area contributed by atoms with Gasteiger partial charge in [-0.3, -0.25) is 0 Å². The molecule has 1 aromatic carbocycles. The molecule has 1 aliphatic heterocycles. The average molecular weight is 232 g/mol. The zero-order valence-corrected chi connectivity index (χ0v) is 9.57. The second-order valence-electron chi connectivity index (χ2n) is 3.80. The number of aliphatic hydroxyl groups excluding tert-OH is 1. The summed E-state index contributed by atoms with van der Waals surface area (Å²) in [4.78, 5) is 7.49. The lowest BCUT2D eigenvalue weighted by molar-refractivity contribution is 0.285. The first kappa shape index (κ1) is 9.81. The molecule has 0 saturated heterocycles. The van der Waals surface area contributed by atoms with Crippen LogP contribution in [0.5, 0.6) is 0 Å². The van der Waals surface area contributed by atoms with Crippen molar-refractivity contribution in [2.24, 2.45) is 0 Å². The lowest BCUT2D eigenvalue weighted by atomic mass is 10.2. The molecule has 1 N–H and O–H groups in total. The van der Waals surface area contributed by atoms with Gasteiger partial charge in [-0.2, -0.15) is 0 Å². The van der Waals surface area contributed by atoms with Crippen molar-refractivity contribution in [3.8, 4) is 0 Å². The van der Waals surface area contributed by atoms with Crippen molar-refractivity contribution >= 4 is 22.2 Å². The van der Waals surface area contributed by atoms with E-state index in [2.05, 4.69) is 34.1 Å². The van der Waals surface area contributed by atoms with Crippen molar-refractivity contribution in [2.45, 2.75) is 13.0 Å². The van der Waals surface area contributed by atoms with E-state index in [9.17, 15) is 0 Å². The molecule has 2 aromatic rings. The standard InChI is InChI=1S/C12H12N2OS/c15-8-10-7-13-12(16-10)14-6-5-9-3-1-2-4-11(9)14/h1-4,7,15H,5-6,8H2. The predicted octanol–water partition coefficient (Wildman–Crippen LogP) is 2.33. The Kier molecular flexibility index (Phi) is 2.38. The Hall–Kier alpha value is -1.39. The zero-order chi connectivity index (χ0) is 11.0. The number of aromatic nitrogens is 1. The van der Waals surface area contributed by atoms with E-state index in [0.29, 0.717) is 0 Å². The summed E-state index contributed by atoms with van der Waals surface area (Å²) in [6, 6.07) is 8.42. The molecule has 3 nitrogen and oxygen atoms in total. The molecule has 0 spiro atoms. The average Bonchev–Trinajstić information content (AvgIpc) is 2.94. The molecule has 0 aliphatic carbocycles. The molecule has 2 heterocycles. The van der Waals surface area contributed by atoms with Crippen LogP contribution >= 0.6 is 11.3 Å². The Morgan fingerprint density at radius 3 is 3.06 bits per heavy atom. The minimum atomic E-state index is 0.0765. The molecule has 3 rings (SSSR count). The Bertz CT molecular complexity index is 509. The number of fused-ring (bicyclic) bond motifs is 1. The smallest absolute Gasteiger partial charge is 0.190 e. The van der Waals surface area contributed by atoms with E-state index < -0.39 is 0 Å².